The fraction of sp³-hybridized carbons (Fsp3) is 0.645. The second kappa shape index (κ2) is 25.3. The molecule has 0 radical (unpaired) electrons. The van der Waals surface area contributed by atoms with E-state index in [0.29, 0.717) is 6.42 Å². The second-order valence-corrected chi connectivity index (χ2v) is 11.1. The van der Waals surface area contributed by atoms with Crippen LogP contribution in [0, 0.1) is 0 Å². The molecule has 218 valence electrons. The van der Waals surface area contributed by atoms with Crippen molar-refractivity contribution < 1.29 is 22.9 Å². The van der Waals surface area contributed by atoms with Gasteiger partial charge in [-0.2, -0.15) is 8.42 Å². The van der Waals surface area contributed by atoms with E-state index in [1.165, 1.54) is 31.8 Å². The molecule has 0 spiro atoms. The number of aliphatic hydroxyl groups is 1. The summed E-state index contributed by atoms with van der Waals surface area (Å²) >= 11 is 0. The highest BCUT2D eigenvalue weighted by molar-refractivity contribution is 7.85. The topological polar surface area (TPSA) is 104 Å². The predicted molar refractivity (Wildman–Crippen MR) is 161 cm³/mol. The average Bonchev–Trinajstić information content (AvgIpc) is 2.86. The highest BCUT2D eigenvalue weighted by Crippen LogP contribution is 2.09. The van der Waals surface area contributed by atoms with Gasteiger partial charge in [-0.3, -0.25) is 9.35 Å². The first-order valence-electron chi connectivity index (χ1n) is 14.5. The summed E-state index contributed by atoms with van der Waals surface area (Å²) in [7, 11) is -4.34. The minimum atomic E-state index is -4.34. The number of hydrogen-bond acceptors (Lipinski definition) is 4. The lowest BCUT2D eigenvalue weighted by Crippen LogP contribution is -2.46. The van der Waals surface area contributed by atoms with Crippen LogP contribution in [-0.4, -0.2) is 41.9 Å². The Hall–Kier alpha value is -1.96. The summed E-state index contributed by atoms with van der Waals surface area (Å²) in [5.74, 6) is -1.05. The van der Waals surface area contributed by atoms with Crippen molar-refractivity contribution in [1.82, 2.24) is 5.32 Å². The van der Waals surface area contributed by atoms with E-state index in [0.717, 1.165) is 57.8 Å². The van der Waals surface area contributed by atoms with E-state index in [4.69, 9.17) is 0 Å². The Balaban J connectivity index is 4.21. The number of carbonyl (C=O) groups excluding carboxylic acids is 1. The standard InChI is InChI=1S/C31H53NO5S/c1-3-5-7-9-11-13-14-15-16-17-18-19-21-23-25-27-31(34)32-29(28-38(35,36)37)30(33)26-24-22-20-12-10-8-6-4-2/h5,7,11,13,15-16,18-19,24,26,29-30,33H,3-4,6,8-10,12,14,17,20-23,25,27-28H2,1-2H3,(H,32,34)(H,35,36,37)/b7-5-,13-11-,16-15-,19-18-,26-24+. The van der Waals surface area contributed by atoms with E-state index in [1.807, 2.05) is 6.08 Å². The van der Waals surface area contributed by atoms with Crippen LogP contribution in [-0.2, 0) is 14.9 Å². The highest BCUT2D eigenvalue weighted by atomic mass is 32.2. The molecule has 0 fully saturated rings. The van der Waals surface area contributed by atoms with Crippen molar-refractivity contribution in [3.8, 4) is 0 Å². The highest BCUT2D eigenvalue weighted by Gasteiger charge is 2.24. The summed E-state index contributed by atoms with van der Waals surface area (Å²) in [6.07, 6.45) is 33.6. The van der Waals surface area contributed by atoms with Gasteiger partial charge in [0.1, 0.15) is 0 Å². The summed E-state index contributed by atoms with van der Waals surface area (Å²) in [6, 6.07) is -1.08. The molecule has 0 saturated carbocycles. The summed E-state index contributed by atoms with van der Waals surface area (Å²) in [5, 5.41) is 13.0. The quantitative estimate of drug-likeness (QED) is 0.0659. The normalized spacial score (nSPS) is 14.5. The van der Waals surface area contributed by atoms with Gasteiger partial charge in [-0.05, 0) is 57.8 Å². The van der Waals surface area contributed by atoms with Crippen molar-refractivity contribution in [3.05, 3.63) is 60.8 Å². The van der Waals surface area contributed by atoms with Crippen LogP contribution in [0.15, 0.2) is 60.8 Å². The number of unbranched alkanes of at least 4 members (excludes halogenated alkanes) is 8. The van der Waals surface area contributed by atoms with Crippen molar-refractivity contribution in [3.63, 3.8) is 0 Å². The second-order valence-electron chi connectivity index (χ2n) is 9.64. The molecule has 2 atom stereocenters. The van der Waals surface area contributed by atoms with Gasteiger partial charge in [0.15, 0.2) is 0 Å². The van der Waals surface area contributed by atoms with Crippen LogP contribution in [0.4, 0.5) is 0 Å². The van der Waals surface area contributed by atoms with Gasteiger partial charge in [0, 0.05) is 6.42 Å². The minimum absolute atomic E-state index is 0.240. The van der Waals surface area contributed by atoms with E-state index in [9.17, 15) is 22.9 Å². The summed E-state index contributed by atoms with van der Waals surface area (Å²) in [5.41, 5.74) is 0. The predicted octanol–water partition coefficient (Wildman–Crippen LogP) is 7.39. The molecular weight excluding hydrogens is 498 g/mol. The average molecular weight is 552 g/mol. The largest absolute Gasteiger partial charge is 0.387 e. The van der Waals surface area contributed by atoms with Gasteiger partial charge in [0.2, 0.25) is 5.91 Å². The van der Waals surface area contributed by atoms with Crippen LogP contribution in [0.2, 0.25) is 0 Å². The monoisotopic (exact) mass is 551 g/mol. The molecule has 0 aliphatic heterocycles. The van der Waals surface area contributed by atoms with Crippen LogP contribution in [0.25, 0.3) is 0 Å². The number of carbonyl (C=O) groups is 1. The number of nitrogens with one attached hydrogen (secondary N) is 1. The van der Waals surface area contributed by atoms with Gasteiger partial charge < -0.3 is 10.4 Å². The molecule has 2 unspecified atom stereocenters. The molecule has 0 aromatic rings. The Bertz CT molecular complexity index is 827. The van der Waals surface area contributed by atoms with Crippen LogP contribution < -0.4 is 5.32 Å². The van der Waals surface area contributed by atoms with E-state index in [2.05, 4.69) is 67.8 Å². The van der Waals surface area contributed by atoms with Gasteiger partial charge in [-0.1, -0.05) is 107 Å². The maximum atomic E-state index is 12.3. The van der Waals surface area contributed by atoms with Crippen LogP contribution in [0.1, 0.15) is 110 Å². The van der Waals surface area contributed by atoms with Gasteiger partial charge in [0.05, 0.1) is 17.9 Å². The Labute approximate surface area is 232 Å². The molecule has 0 rings (SSSR count). The number of aliphatic hydroxyl groups excluding tert-OH is 1. The number of rotatable bonds is 24. The molecule has 38 heavy (non-hydrogen) atoms. The first-order chi connectivity index (χ1) is 18.3. The van der Waals surface area contributed by atoms with Crippen molar-refractivity contribution in [1.29, 1.82) is 0 Å². The third-order valence-corrected chi connectivity index (χ3v) is 6.73. The van der Waals surface area contributed by atoms with Gasteiger partial charge in [0.25, 0.3) is 10.1 Å². The van der Waals surface area contributed by atoms with Crippen molar-refractivity contribution in [2.24, 2.45) is 0 Å². The molecule has 0 aromatic carbocycles. The fourth-order valence-electron chi connectivity index (χ4n) is 3.79. The maximum Gasteiger partial charge on any atom is 0.267 e. The lowest BCUT2D eigenvalue weighted by atomic mass is 10.1. The Morgan fingerprint density at radius 2 is 1.26 bits per heavy atom. The lowest BCUT2D eigenvalue weighted by Gasteiger charge is -2.21. The Morgan fingerprint density at radius 3 is 1.87 bits per heavy atom. The number of hydrogen-bond donors (Lipinski definition) is 3. The van der Waals surface area contributed by atoms with E-state index in [-0.39, 0.29) is 12.3 Å². The van der Waals surface area contributed by atoms with E-state index >= 15 is 0 Å². The van der Waals surface area contributed by atoms with Gasteiger partial charge >= 0.3 is 0 Å². The van der Waals surface area contributed by atoms with E-state index in [1.54, 1.807) is 0 Å². The third-order valence-electron chi connectivity index (χ3n) is 5.95. The summed E-state index contributed by atoms with van der Waals surface area (Å²) in [4.78, 5) is 12.3. The zero-order valence-corrected chi connectivity index (χ0v) is 24.6. The molecular formula is C31H53NO5S. The Kier molecular flexibility index (Phi) is 24.0. The lowest BCUT2D eigenvalue weighted by molar-refractivity contribution is -0.122. The smallest absolute Gasteiger partial charge is 0.267 e. The molecule has 3 N–H and O–H groups in total. The Morgan fingerprint density at radius 1 is 0.737 bits per heavy atom. The number of allylic oxidation sites excluding steroid dienone is 9. The summed E-state index contributed by atoms with van der Waals surface area (Å²) < 4.78 is 32.0. The molecule has 7 heteroatoms. The molecule has 1 amide bonds. The van der Waals surface area contributed by atoms with Crippen LogP contribution in [0.5, 0.6) is 0 Å². The molecule has 0 bridgehead atoms. The molecule has 6 nitrogen and oxygen atoms in total. The minimum Gasteiger partial charge on any atom is -0.387 e. The molecule has 0 saturated heterocycles. The maximum absolute atomic E-state index is 12.3. The van der Waals surface area contributed by atoms with Crippen molar-refractivity contribution in [2.75, 3.05) is 5.75 Å². The third kappa shape index (κ3) is 25.7. The summed E-state index contributed by atoms with van der Waals surface area (Å²) in [6.45, 7) is 4.31. The zero-order valence-electron chi connectivity index (χ0n) is 23.8. The zero-order chi connectivity index (χ0) is 28.3. The van der Waals surface area contributed by atoms with Gasteiger partial charge in [-0.15, -0.1) is 0 Å². The molecule has 0 heterocycles. The molecule has 0 aliphatic carbocycles. The molecule has 0 aromatic heterocycles. The van der Waals surface area contributed by atoms with Crippen LogP contribution >= 0.6 is 0 Å². The molecule has 0 aliphatic rings. The van der Waals surface area contributed by atoms with Crippen molar-refractivity contribution in [2.45, 2.75) is 122 Å². The first-order valence-corrected chi connectivity index (χ1v) is 16.1. The van der Waals surface area contributed by atoms with Gasteiger partial charge in [-0.25, -0.2) is 0 Å². The fourth-order valence-corrected chi connectivity index (χ4v) is 4.52. The van der Waals surface area contributed by atoms with Crippen molar-refractivity contribution >= 4 is 16.0 Å². The van der Waals surface area contributed by atoms with E-state index < -0.39 is 28.0 Å². The van der Waals surface area contributed by atoms with Crippen LogP contribution in [0.3, 0.4) is 0 Å². The SMILES string of the molecule is CC/C=C\C/C=C\C/C=C\C/C=C\CCCCC(=O)NC(CS(=O)(=O)O)C(O)/C=C/CCCCCCCC. The first kappa shape index (κ1) is 36.0. The number of amides is 1.